The first-order valence-electron chi connectivity index (χ1n) is 4.91. The van der Waals surface area contributed by atoms with Gasteiger partial charge in [0.2, 0.25) is 5.83 Å². The summed E-state index contributed by atoms with van der Waals surface area (Å²) in [4.78, 5) is 21.8. The molecule has 116 valence electrons. The van der Waals surface area contributed by atoms with E-state index in [0.29, 0.717) is 0 Å². The molecule has 0 bridgehead atoms. The average molecular weight is 320 g/mol. The van der Waals surface area contributed by atoms with Crippen LogP contribution < -0.4 is 0 Å². The number of esters is 2. The summed E-state index contributed by atoms with van der Waals surface area (Å²) >= 11 is 0. The van der Waals surface area contributed by atoms with Gasteiger partial charge in [0.25, 0.3) is 0 Å². The molecule has 0 saturated heterocycles. The molecule has 0 amide bonds. The van der Waals surface area contributed by atoms with Crippen LogP contribution in [0.15, 0.2) is 12.4 Å². The topological polar surface area (TPSA) is 107 Å². The van der Waals surface area contributed by atoms with Gasteiger partial charge in [-0.2, -0.15) is 21.6 Å². The van der Waals surface area contributed by atoms with Crippen LogP contribution in [0.2, 0.25) is 0 Å². The Labute approximate surface area is 112 Å². The lowest BCUT2D eigenvalue weighted by atomic mass is 10.2. The number of hydrogen-bond donors (Lipinski definition) is 1. The standard InChI is InChI=1S/C9H11F3O7S/c1-5(3-18-8(14)6(2)10)7(13)19-4-9(11,12)20(15,16)17/h5H,2-4H2,1H3,(H,15,16,17). The summed E-state index contributed by atoms with van der Waals surface area (Å²) < 4.78 is 74.4. The molecule has 11 heteroatoms. The minimum atomic E-state index is -5.72. The van der Waals surface area contributed by atoms with Gasteiger partial charge in [0.15, 0.2) is 6.61 Å². The van der Waals surface area contributed by atoms with Crippen molar-refractivity contribution in [3.05, 3.63) is 12.4 Å². The van der Waals surface area contributed by atoms with Crippen molar-refractivity contribution in [1.82, 2.24) is 0 Å². The molecule has 0 aliphatic heterocycles. The van der Waals surface area contributed by atoms with Crippen LogP contribution in [0.5, 0.6) is 0 Å². The first-order chi connectivity index (χ1) is 8.88. The van der Waals surface area contributed by atoms with Gasteiger partial charge in [-0.05, 0) is 6.92 Å². The quantitative estimate of drug-likeness (QED) is 0.417. The Morgan fingerprint density at radius 3 is 2.25 bits per heavy atom. The molecule has 1 unspecified atom stereocenters. The van der Waals surface area contributed by atoms with E-state index in [-0.39, 0.29) is 0 Å². The predicted molar refractivity (Wildman–Crippen MR) is 57.8 cm³/mol. The van der Waals surface area contributed by atoms with Crippen molar-refractivity contribution in [3.8, 4) is 0 Å². The molecule has 0 heterocycles. The third kappa shape index (κ3) is 5.57. The highest BCUT2D eigenvalue weighted by molar-refractivity contribution is 7.86. The van der Waals surface area contributed by atoms with Crippen LogP contribution in [0.1, 0.15) is 6.92 Å². The molecule has 0 aromatic rings. The molecule has 0 fully saturated rings. The number of halogens is 3. The van der Waals surface area contributed by atoms with Gasteiger partial charge in [-0.1, -0.05) is 6.58 Å². The van der Waals surface area contributed by atoms with Gasteiger partial charge in [0, 0.05) is 0 Å². The number of hydrogen-bond acceptors (Lipinski definition) is 6. The van der Waals surface area contributed by atoms with Gasteiger partial charge in [-0.3, -0.25) is 9.35 Å². The predicted octanol–water partition coefficient (Wildman–Crippen LogP) is 0.673. The molecule has 0 aliphatic carbocycles. The number of alkyl halides is 2. The third-order valence-corrected chi connectivity index (χ3v) is 2.72. The third-order valence-electron chi connectivity index (χ3n) is 1.85. The Morgan fingerprint density at radius 1 is 1.35 bits per heavy atom. The van der Waals surface area contributed by atoms with Crippen molar-refractivity contribution in [2.24, 2.45) is 5.92 Å². The SMILES string of the molecule is C=C(F)C(=O)OCC(C)C(=O)OCC(F)(F)S(=O)(=O)O. The second kappa shape index (κ2) is 6.70. The minimum absolute atomic E-state index is 0.682. The van der Waals surface area contributed by atoms with Crippen molar-refractivity contribution in [2.75, 3.05) is 13.2 Å². The Bertz CT molecular complexity index is 500. The maximum atomic E-state index is 12.7. The molecule has 0 radical (unpaired) electrons. The van der Waals surface area contributed by atoms with Crippen LogP contribution in [0, 0.1) is 5.92 Å². The molecule has 0 saturated carbocycles. The molecule has 0 aliphatic rings. The van der Waals surface area contributed by atoms with E-state index in [1.165, 1.54) is 0 Å². The summed E-state index contributed by atoms with van der Waals surface area (Å²) in [5, 5.41) is -4.66. The first kappa shape index (κ1) is 18.4. The molecule has 20 heavy (non-hydrogen) atoms. The van der Waals surface area contributed by atoms with Crippen LogP contribution in [0.4, 0.5) is 13.2 Å². The summed E-state index contributed by atoms with van der Waals surface area (Å²) in [5.74, 6) is -5.43. The smallest absolute Gasteiger partial charge is 0.402 e. The fourth-order valence-corrected chi connectivity index (χ4v) is 0.927. The summed E-state index contributed by atoms with van der Waals surface area (Å²) in [6.07, 6.45) is 0. The lowest BCUT2D eigenvalue weighted by molar-refractivity contribution is -0.158. The Hall–Kier alpha value is -1.62. The number of carbonyl (C=O) groups is 2. The molecule has 0 aromatic carbocycles. The van der Waals surface area contributed by atoms with E-state index in [1.54, 1.807) is 0 Å². The Kier molecular flexibility index (Phi) is 6.16. The highest BCUT2D eigenvalue weighted by Gasteiger charge is 2.45. The maximum absolute atomic E-state index is 12.7. The zero-order valence-electron chi connectivity index (χ0n) is 10.1. The molecule has 1 N–H and O–H groups in total. The van der Waals surface area contributed by atoms with Crippen molar-refractivity contribution < 1.29 is 45.2 Å². The normalized spacial score (nSPS) is 13.4. The van der Waals surface area contributed by atoms with Crippen molar-refractivity contribution in [1.29, 1.82) is 0 Å². The number of ether oxygens (including phenoxy) is 2. The van der Waals surface area contributed by atoms with Crippen LogP contribution in [-0.4, -0.2) is 43.4 Å². The lowest BCUT2D eigenvalue weighted by Gasteiger charge is -2.15. The number of rotatable bonds is 7. The van der Waals surface area contributed by atoms with Crippen LogP contribution in [0.3, 0.4) is 0 Å². The molecule has 0 spiro atoms. The molecular weight excluding hydrogens is 309 g/mol. The lowest BCUT2D eigenvalue weighted by Crippen LogP contribution is -2.36. The van der Waals surface area contributed by atoms with E-state index >= 15 is 0 Å². The number of carbonyl (C=O) groups excluding carboxylic acids is 2. The van der Waals surface area contributed by atoms with Gasteiger partial charge in [-0.15, -0.1) is 0 Å². The van der Waals surface area contributed by atoms with E-state index in [0.717, 1.165) is 6.92 Å². The molecule has 7 nitrogen and oxygen atoms in total. The first-order valence-corrected chi connectivity index (χ1v) is 6.35. The van der Waals surface area contributed by atoms with Gasteiger partial charge in [-0.25, -0.2) is 4.79 Å². The zero-order valence-corrected chi connectivity index (χ0v) is 11.0. The summed E-state index contributed by atoms with van der Waals surface area (Å²) in [7, 11) is -5.72. The highest BCUT2D eigenvalue weighted by Crippen LogP contribution is 2.21. The maximum Gasteiger partial charge on any atom is 0.402 e. The van der Waals surface area contributed by atoms with Gasteiger partial charge in [0.1, 0.15) is 6.61 Å². The second-order valence-corrected chi connectivity index (χ2v) is 5.17. The monoisotopic (exact) mass is 320 g/mol. The van der Waals surface area contributed by atoms with Gasteiger partial charge < -0.3 is 9.47 Å². The van der Waals surface area contributed by atoms with Crippen LogP contribution in [-0.2, 0) is 29.2 Å². The van der Waals surface area contributed by atoms with E-state index < -0.39 is 52.3 Å². The van der Waals surface area contributed by atoms with E-state index in [1.807, 2.05) is 0 Å². The Morgan fingerprint density at radius 2 is 1.85 bits per heavy atom. The highest BCUT2D eigenvalue weighted by atomic mass is 32.2. The second-order valence-electron chi connectivity index (χ2n) is 3.62. The molecular formula is C9H11F3O7S. The van der Waals surface area contributed by atoms with Crippen molar-refractivity contribution >= 4 is 22.1 Å². The fraction of sp³-hybridized carbons (Fsp3) is 0.556. The zero-order chi connectivity index (χ0) is 16.1. The molecule has 1 atom stereocenters. The Balaban J connectivity index is 4.36. The molecule has 0 aromatic heterocycles. The van der Waals surface area contributed by atoms with Crippen molar-refractivity contribution in [3.63, 3.8) is 0 Å². The van der Waals surface area contributed by atoms with Gasteiger partial charge >= 0.3 is 27.3 Å². The van der Waals surface area contributed by atoms with Gasteiger partial charge in [0.05, 0.1) is 5.92 Å². The summed E-state index contributed by atoms with van der Waals surface area (Å²) in [6.45, 7) is 1.14. The summed E-state index contributed by atoms with van der Waals surface area (Å²) in [5.41, 5.74) is 0. The van der Waals surface area contributed by atoms with E-state index in [9.17, 15) is 31.2 Å². The molecule has 0 rings (SSSR count). The largest absolute Gasteiger partial charge is 0.460 e. The minimum Gasteiger partial charge on any atom is -0.460 e. The van der Waals surface area contributed by atoms with E-state index in [2.05, 4.69) is 16.1 Å². The van der Waals surface area contributed by atoms with Crippen molar-refractivity contribution in [2.45, 2.75) is 12.2 Å². The van der Waals surface area contributed by atoms with Crippen LogP contribution in [0.25, 0.3) is 0 Å². The fourth-order valence-electron chi connectivity index (χ4n) is 0.719. The average Bonchev–Trinajstić information content (AvgIpc) is 2.30. The summed E-state index contributed by atoms with van der Waals surface area (Å²) in [6, 6.07) is 0. The van der Waals surface area contributed by atoms with E-state index in [4.69, 9.17) is 4.55 Å². The van der Waals surface area contributed by atoms with Crippen LogP contribution >= 0.6 is 0 Å².